The third-order valence-corrected chi connectivity index (χ3v) is 15.8. The van der Waals surface area contributed by atoms with Gasteiger partial charge in [-0.3, -0.25) is 0 Å². The predicted molar refractivity (Wildman–Crippen MR) is 152 cm³/mol. The average molecular weight is 501 g/mol. The Morgan fingerprint density at radius 2 is 0.800 bits per heavy atom. The maximum absolute atomic E-state index is 15.9. The van der Waals surface area contributed by atoms with Crippen LogP contribution in [-0.2, 0) is 9.13 Å². The zero-order valence-electron chi connectivity index (χ0n) is 20.7. The Morgan fingerprint density at radius 1 is 0.543 bits per heavy atom. The molecule has 0 aliphatic rings. The normalized spacial score (nSPS) is 12.6. The molecule has 0 aromatic heterocycles. The van der Waals surface area contributed by atoms with Crippen LogP contribution in [0.25, 0.3) is 0 Å². The molecule has 0 bridgehead atoms. The van der Waals surface area contributed by atoms with Crippen molar-refractivity contribution in [2.75, 3.05) is 0 Å². The van der Waals surface area contributed by atoms with E-state index < -0.39 is 25.1 Å². The lowest BCUT2D eigenvalue weighted by atomic mass is 9.90. The van der Waals surface area contributed by atoms with Gasteiger partial charge in [0.2, 0.25) is 0 Å². The molecule has 35 heavy (non-hydrogen) atoms. The average Bonchev–Trinajstić information content (AvgIpc) is 2.90. The molecule has 4 aromatic carbocycles. The highest BCUT2D eigenvalue weighted by atomic mass is 31.2. The van der Waals surface area contributed by atoms with Crippen molar-refractivity contribution in [3.8, 4) is 0 Å². The van der Waals surface area contributed by atoms with Crippen LogP contribution in [0, 0.1) is 5.41 Å². The van der Waals surface area contributed by atoms with Crippen molar-refractivity contribution in [2.45, 2.75) is 39.0 Å². The van der Waals surface area contributed by atoms with Crippen molar-refractivity contribution >= 4 is 35.5 Å². The fourth-order valence-electron chi connectivity index (χ4n) is 5.45. The Labute approximate surface area is 210 Å². The van der Waals surface area contributed by atoms with Crippen LogP contribution in [0.15, 0.2) is 121 Å². The lowest BCUT2D eigenvalue weighted by Crippen LogP contribution is -2.41. The lowest BCUT2D eigenvalue weighted by molar-refractivity contribution is 0.350. The summed E-state index contributed by atoms with van der Waals surface area (Å²) in [6.07, 6.45) is 1.72. The number of hydrogen-bond acceptors (Lipinski definition) is 2. The Morgan fingerprint density at radius 3 is 1.03 bits per heavy atom. The van der Waals surface area contributed by atoms with E-state index in [-0.39, 0.29) is 0 Å². The molecule has 0 heterocycles. The molecule has 0 unspecified atom stereocenters. The molecule has 4 rings (SSSR count). The van der Waals surface area contributed by atoms with Crippen LogP contribution in [-0.4, -0.2) is 5.40 Å². The highest BCUT2D eigenvalue weighted by Gasteiger charge is 2.55. The van der Waals surface area contributed by atoms with E-state index in [9.17, 15) is 0 Å². The standard InChI is InChI=1S/C31H34O2P2/c1-4-25-31(2,3)30(34(32,26-17-9-5-10-18-26)27-19-11-6-12-20-27)35(33,28-21-13-7-14-22-28)29-23-15-8-16-24-29/h5-24,30H,4,25H2,1-3H3. The Kier molecular flexibility index (Phi) is 7.65. The second kappa shape index (κ2) is 10.5. The summed E-state index contributed by atoms with van der Waals surface area (Å²) in [5.74, 6) is 0. The fourth-order valence-corrected chi connectivity index (χ4v) is 15.3. The molecule has 0 aliphatic carbocycles. The van der Waals surface area contributed by atoms with Crippen LogP contribution in [0.4, 0.5) is 0 Å². The first-order valence-corrected chi connectivity index (χ1v) is 15.8. The van der Waals surface area contributed by atoms with E-state index in [0.717, 1.165) is 34.1 Å². The molecule has 0 amide bonds. The van der Waals surface area contributed by atoms with Crippen molar-refractivity contribution in [3.05, 3.63) is 121 Å². The van der Waals surface area contributed by atoms with Crippen LogP contribution in [0.1, 0.15) is 33.6 Å². The smallest absolute Gasteiger partial charge is 0.154 e. The molecule has 0 spiro atoms. The summed E-state index contributed by atoms with van der Waals surface area (Å²) in [6, 6.07) is 38.8. The van der Waals surface area contributed by atoms with Crippen molar-refractivity contribution in [1.29, 1.82) is 0 Å². The SMILES string of the molecule is CCCC(C)(C)C(P(=O)(c1ccccc1)c1ccccc1)P(=O)(c1ccccc1)c1ccccc1. The van der Waals surface area contributed by atoms with Gasteiger partial charge in [0.05, 0.1) is 5.40 Å². The molecule has 4 aromatic rings. The van der Waals surface area contributed by atoms with Gasteiger partial charge in [0, 0.05) is 21.2 Å². The Balaban J connectivity index is 2.16. The van der Waals surface area contributed by atoms with Gasteiger partial charge < -0.3 is 9.13 Å². The lowest BCUT2D eigenvalue weighted by Gasteiger charge is -2.44. The van der Waals surface area contributed by atoms with Gasteiger partial charge in [-0.15, -0.1) is 0 Å². The number of rotatable bonds is 9. The summed E-state index contributed by atoms with van der Waals surface area (Å²) in [7, 11) is -6.80. The van der Waals surface area contributed by atoms with Gasteiger partial charge in [-0.05, 0) is 11.8 Å². The number of benzene rings is 4. The van der Waals surface area contributed by atoms with Gasteiger partial charge in [-0.1, -0.05) is 149 Å². The molecule has 4 heteroatoms. The molecule has 0 N–H and O–H groups in total. The van der Waals surface area contributed by atoms with Crippen molar-refractivity contribution in [2.24, 2.45) is 5.41 Å². The van der Waals surface area contributed by atoms with Gasteiger partial charge >= 0.3 is 0 Å². The molecule has 0 saturated heterocycles. The summed E-state index contributed by atoms with van der Waals surface area (Å²) in [4.78, 5) is 0. The largest absolute Gasteiger partial charge is 0.313 e. The van der Waals surface area contributed by atoms with Crippen LogP contribution >= 0.6 is 14.3 Å². The molecule has 0 fully saturated rings. The van der Waals surface area contributed by atoms with E-state index in [4.69, 9.17) is 0 Å². The maximum Gasteiger partial charge on any atom is 0.154 e. The zero-order valence-corrected chi connectivity index (χ0v) is 22.5. The highest BCUT2D eigenvalue weighted by molar-refractivity contribution is 7.95. The third kappa shape index (κ3) is 4.75. The zero-order chi connectivity index (χ0) is 24.9. The third-order valence-electron chi connectivity index (χ3n) is 6.84. The fraction of sp³-hybridized carbons (Fsp3) is 0.226. The second-order valence-corrected chi connectivity index (χ2v) is 15.9. The monoisotopic (exact) mass is 500 g/mol. The highest BCUT2D eigenvalue weighted by Crippen LogP contribution is 2.71. The molecule has 0 atom stereocenters. The molecule has 0 saturated carbocycles. The summed E-state index contributed by atoms with van der Waals surface area (Å²) in [5.41, 5.74) is -0.475. The summed E-state index contributed by atoms with van der Waals surface area (Å²) in [5, 5.41) is 2.41. The molecule has 0 aliphatic heterocycles. The van der Waals surface area contributed by atoms with Crippen LogP contribution in [0.3, 0.4) is 0 Å². The van der Waals surface area contributed by atoms with Gasteiger partial charge in [0.25, 0.3) is 0 Å². The van der Waals surface area contributed by atoms with Crippen molar-refractivity contribution in [1.82, 2.24) is 0 Å². The topological polar surface area (TPSA) is 34.1 Å². The van der Waals surface area contributed by atoms with Crippen molar-refractivity contribution < 1.29 is 9.13 Å². The summed E-state index contributed by atoms with van der Waals surface area (Å²) < 4.78 is 31.7. The number of hydrogen-bond donors (Lipinski definition) is 0. The Bertz CT molecular complexity index is 1130. The first kappa shape index (κ1) is 25.4. The molecule has 180 valence electrons. The van der Waals surface area contributed by atoms with Crippen LogP contribution < -0.4 is 21.2 Å². The van der Waals surface area contributed by atoms with Gasteiger partial charge in [0.15, 0.2) is 14.3 Å². The van der Waals surface area contributed by atoms with Gasteiger partial charge in [0.1, 0.15) is 0 Å². The molecular weight excluding hydrogens is 466 g/mol. The van der Waals surface area contributed by atoms with Crippen LogP contribution in [0.2, 0.25) is 0 Å². The quantitative estimate of drug-likeness (QED) is 0.228. The van der Waals surface area contributed by atoms with E-state index in [0.29, 0.717) is 0 Å². The van der Waals surface area contributed by atoms with E-state index in [2.05, 4.69) is 20.8 Å². The Hall–Kier alpha value is -2.66. The molecule has 2 nitrogen and oxygen atoms in total. The van der Waals surface area contributed by atoms with E-state index in [1.165, 1.54) is 0 Å². The minimum atomic E-state index is -3.40. The van der Waals surface area contributed by atoms with Crippen molar-refractivity contribution in [3.63, 3.8) is 0 Å². The predicted octanol–water partition coefficient (Wildman–Crippen LogP) is 7.17. The molecule has 0 radical (unpaired) electrons. The van der Waals surface area contributed by atoms with E-state index >= 15 is 9.13 Å². The second-order valence-electron chi connectivity index (χ2n) is 9.77. The van der Waals surface area contributed by atoms with Crippen LogP contribution in [0.5, 0.6) is 0 Å². The molecular formula is C31H34O2P2. The van der Waals surface area contributed by atoms with E-state index in [1.807, 2.05) is 121 Å². The summed E-state index contributed by atoms with van der Waals surface area (Å²) >= 11 is 0. The maximum atomic E-state index is 15.9. The minimum Gasteiger partial charge on any atom is -0.313 e. The first-order valence-electron chi connectivity index (χ1n) is 12.3. The van der Waals surface area contributed by atoms with Gasteiger partial charge in [-0.2, -0.15) is 0 Å². The van der Waals surface area contributed by atoms with Gasteiger partial charge in [-0.25, -0.2) is 0 Å². The summed E-state index contributed by atoms with van der Waals surface area (Å²) in [6.45, 7) is 6.45. The van der Waals surface area contributed by atoms with E-state index in [1.54, 1.807) is 0 Å². The first-order chi connectivity index (χ1) is 16.8. The minimum absolute atomic E-state index is 0.475.